The minimum Gasteiger partial charge on any atom is -0.351 e. The molecule has 1 aliphatic rings. The van der Waals surface area contributed by atoms with Gasteiger partial charge in [-0.05, 0) is 43.9 Å². The van der Waals surface area contributed by atoms with Crippen molar-refractivity contribution in [2.24, 2.45) is 0 Å². The Balaban J connectivity index is 1.54. The average Bonchev–Trinajstić information content (AvgIpc) is 3.15. The van der Waals surface area contributed by atoms with Crippen LogP contribution in [0.1, 0.15) is 45.1 Å². The zero-order valence-corrected chi connectivity index (χ0v) is 16.9. The zero-order chi connectivity index (χ0) is 22.2. The first-order valence-electron chi connectivity index (χ1n) is 9.68. The van der Waals surface area contributed by atoms with Crippen molar-refractivity contribution in [2.75, 3.05) is 16.8 Å². The van der Waals surface area contributed by atoms with Crippen LogP contribution < -0.4 is 10.2 Å². The molecule has 0 radical (unpaired) electrons. The SMILES string of the molecule is Cc1cn[nH]c1C(=O)Nc1nc2c(nc1C)N(Cc1ccc(C(F)(F)F)nc1)CCC2. The molecule has 0 aromatic carbocycles. The topological polar surface area (TPSA) is 99.7 Å². The number of rotatable bonds is 4. The summed E-state index contributed by atoms with van der Waals surface area (Å²) >= 11 is 0. The highest BCUT2D eigenvalue weighted by molar-refractivity contribution is 6.03. The van der Waals surface area contributed by atoms with Crippen molar-refractivity contribution >= 4 is 17.5 Å². The molecule has 1 amide bonds. The lowest BCUT2D eigenvalue weighted by Crippen LogP contribution is -2.31. The van der Waals surface area contributed by atoms with E-state index in [0.717, 1.165) is 23.7 Å². The van der Waals surface area contributed by atoms with E-state index >= 15 is 0 Å². The van der Waals surface area contributed by atoms with E-state index in [2.05, 4.69) is 30.5 Å². The van der Waals surface area contributed by atoms with Gasteiger partial charge >= 0.3 is 6.18 Å². The van der Waals surface area contributed by atoms with Gasteiger partial charge in [0.2, 0.25) is 0 Å². The molecule has 8 nitrogen and oxygen atoms in total. The largest absolute Gasteiger partial charge is 0.433 e. The van der Waals surface area contributed by atoms with Crippen LogP contribution in [0.15, 0.2) is 24.5 Å². The first kappa shape index (κ1) is 20.8. The van der Waals surface area contributed by atoms with E-state index < -0.39 is 11.9 Å². The first-order chi connectivity index (χ1) is 14.7. The number of aryl methyl sites for hydroxylation is 3. The van der Waals surface area contributed by atoms with E-state index in [4.69, 9.17) is 0 Å². The second-order valence-electron chi connectivity index (χ2n) is 7.38. The summed E-state index contributed by atoms with van der Waals surface area (Å²) in [5.74, 6) is 0.686. The van der Waals surface area contributed by atoms with Crippen LogP contribution in [-0.2, 0) is 19.1 Å². The summed E-state index contributed by atoms with van der Waals surface area (Å²) in [6.45, 7) is 4.58. The zero-order valence-electron chi connectivity index (χ0n) is 16.9. The fraction of sp³-hybridized carbons (Fsp3) is 0.350. The molecule has 3 aromatic heterocycles. The maximum atomic E-state index is 12.7. The Bertz CT molecular complexity index is 1110. The Labute approximate surface area is 175 Å². The number of amides is 1. The Kier molecular flexibility index (Phi) is 5.34. The molecule has 2 N–H and O–H groups in total. The number of alkyl halides is 3. The minimum atomic E-state index is -4.46. The van der Waals surface area contributed by atoms with Crippen LogP contribution in [0.5, 0.6) is 0 Å². The monoisotopic (exact) mass is 431 g/mol. The summed E-state index contributed by atoms with van der Waals surface area (Å²) in [4.78, 5) is 27.2. The van der Waals surface area contributed by atoms with E-state index in [1.807, 2.05) is 4.90 Å². The predicted octanol–water partition coefficient (Wildman–Crippen LogP) is 3.44. The van der Waals surface area contributed by atoms with Crippen LogP contribution in [0.2, 0.25) is 0 Å². The number of nitrogens with one attached hydrogen (secondary N) is 2. The number of fused-ring (bicyclic) bond motifs is 1. The lowest BCUT2D eigenvalue weighted by molar-refractivity contribution is -0.141. The fourth-order valence-corrected chi connectivity index (χ4v) is 3.43. The molecule has 0 aliphatic carbocycles. The summed E-state index contributed by atoms with van der Waals surface area (Å²) < 4.78 is 38.2. The van der Waals surface area contributed by atoms with Gasteiger partial charge in [0.1, 0.15) is 11.4 Å². The van der Waals surface area contributed by atoms with Gasteiger partial charge in [0.25, 0.3) is 5.91 Å². The Hall–Kier alpha value is -3.50. The van der Waals surface area contributed by atoms with Crippen LogP contribution in [0.4, 0.5) is 24.8 Å². The molecule has 0 fully saturated rings. The molecule has 0 atom stereocenters. The number of aromatic amines is 1. The lowest BCUT2D eigenvalue weighted by atomic mass is 10.1. The molecular weight excluding hydrogens is 411 g/mol. The number of H-pyrrole nitrogens is 1. The van der Waals surface area contributed by atoms with Crippen molar-refractivity contribution in [3.8, 4) is 0 Å². The highest BCUT2D eigenvalue weighted by Crippen LogP contribution is 2.30. The molecule has 4 rings (SSSR count). The number of anilines is 2. The Morgan fingerprint density at radius 1 is 1.23 bits per heavy atom. The van der Waals surface area contributed by atoms with Gasteiger partial charge in [0.05, 0.1) is 17.6 Å². The van der Waals surface area contributed by atoms with Crippen molar-refractivity contribution in [1.29, 1.82) is 0 Å². The highest BCUT2D eigenvalue weighted by atomic mass is 19.4. The van der Waals surface area contributed by atoms with Gasteiger partial charge in [-0.1, -0.05) is 6.07 Å². The van der Waals surface area contributed by atoms with E-state index in [-0.39, 0.29) is 5.91 Å². The van der Waals surface area contributed by atoms with Crippen LogP contribution in [0, 0.1) is 13.8 Å². The summed E-state index contributed by atoms with van der Waals surface area (Å²) in [6.07, 6.45) is -0.163. The number of carbonyl (C=O) groups excluding carboxylic acids is 1. The fourth-order valence-electron chi connectivity index (χ4n) is 3.43. The van der Waals surface area contributed by atoms with E-state index in [9.17, 15) is 18.0 Å². The van der Waals surface area contributed by atoms with Gasteiger partial charge in [-0.25, -0.2) is 9.97 Å². The van der Waals surface area contributed by atoms with Crippen molar-refractivity contribution in [1.82, 2.24) is 25.1 Å². The molecule has 0 bridgehead atoms. The number of hydrogen-bond acceptors (Lipinski definition) is 6. The van der Waals surface area contributed by atoms with Crippen molar-refractivity contribution < 1.29 is 18.0 Å². The van der Waals surface area contributed by atoms with Gasteiger partial charge in [0.15, 0.2) is 11.6 Å². The first-order valence-corrected chi connectivity index (χ1v) is 9.68. The number of aromatic nitrogens is 5. The van der Waals surface area contributed by atoms with Gasteiger partial charge in [0, 0.05) is 19.3 Å². The Morgan fingerprint density at radius 2 is 2.03 bits per heavy atom. The molecule has 0 saturated heterocycles. The van der Waals surface area contributed by atoms with Crippen LogP contribution in [0.25, 0.3) is 0 Å². The minimum absolute atomic E-state index is 0.351. The van der Waals surface area contributed by atoms with Crippen molar-refractivity contribution in [2.45, 2.75) is 39.4 Å². The number of carbonyl (C=O) groups is 1. The van der Waals surface area contributed by atoms with Crippen LogP contribution in [-0.4, -0.2) is 37.6 Å². The highest BCUT2D eigenvalue weighted by Gasteiger charge is 2.32. The Morgan fingerprint density at radius 3 is 2.68 bits per heavy atom. The van der Waals surface area contributed by atoms with Crippen molar-refractivity contribution in [3.05, 3.63) is 58.4 Å². The second-order valence-corrected chi connectivity index (χ2v) is 7.38. The quantitative estimate of drug-likeness (QED) is 0.657. The van der Waals surface area contributed by atoms with E-state index in [1.165, 1.54) is 12.3 Å². The molecular formula is C20H20F3N7O. The average molecular weight is 431 g/mol. The third-order valence-electron chi connectivity index (χ3n) is 5.04. The van der Waals surface area contributed by atoms with E-state index in [0.29, 0.717) is 48.1 Å². The maximum absolute atomic E-state index is 12.7. The smallest absolute Gasteiger partial charge is 0.351 e. The molecule has 0 unspecified atom stereocenters. The molecule has 31 heavy (non-hydrogen) atoms. The second kappa shape index (κ2) is 7.97. The van der Waals surface area contributed by atoms with Gasteiger partial charge < -0.3 is 10.2 Å². The lowest BCUT2D eigenvalue weighted by Gasteiger charge is -2.30. The number of nitrogens with zero attached hydrogens (tertiary/aromatic N) is 5. The summed E-state index contributed by atoms with van der Waals surface area (Å²) in [5, 5.41) is 9.28. The van der Waals surface area contributed by atoms with Crippen molar-refractivity contribution in [3.63, 3.8) is 0 Å². The van der Waals surface area contributed by atoms with Crippen LogP contribution >= 0.6 is 0 Å². The number of pyridine rings is 1. The summed E-state index contributed by atoms with van der Waals surface area (Å²) in [6, 6.07) is 2.40. The van der Waals surface area contributed by atoms with Gasteiger partial charge in [-0.3, -0.25) is 14.9 Å². The summed E-state index contributed by atoms with van der Waals surface area (Å²) in [5.41, 5.74) is 2.08. The maximum Gasteiger partial charge on any atom is 0.433 e. The number of halogens is 3. The molecule has 11 heteroatoms. The molecule has 3 aromatic rings. The molecule has 162 valence electrons. The predicted molar refractivity (Wildman–Crippen MR) is 107 cm³/mol. The summed E-state index contributed by atoms with van der Waals surface area (Å²) in [7, 11) is 0. The van der Waals surface area contributed by atoms with Gasteiger partial charge in [-0.15, -0.1) is 0 Å². The van der Waals surface area contributed by atoms with Crippen LogP contribution in [0.3, 0.4) is 0 Å². The molecule has 1 aliphatic heterocycles. The standard InChI is InChI=1S/C20H20F3N7O/c1-11-8-25-29-16(11)19(31)28-17-12(2)26-18-14(27-17)4-3-7-30(18)10-13-5-6-15(24-9-13)20(21,22)23/h5-6,8-9H,3-4,7,10H2,1-2H3,(H,25,29)(H,27,28,31). The van der Waals surface area contributed by atoms with Gasteiger partial charge in [-0.2, -0.15) is 18.3 Å². The van der Waals surface area contributed by atoms with E-state index in [1.54, 1.807) is 20.0 Å². The molecule has 4 heterocycles. The third kappa shape index (κ3) is 4.35. The normalized spacial score (nSPS) is 13.8. The molecule has 0 saturated carbocycles. The third-order valence-corrected chi connectivity index (χ3v) is 5.04. The number of hydrogen-bond donors (Lipinski definition) is 2. The molecule has 0 spiro atoms.